The van der Waals surface area contributed by atoms with Crippen molar-refractivity contribution in [2.45, 2.75) is 63.8 Å². The lowest BCUT2D eigenvalue weighted by Gasteiger charge is -2.48. The maximum absolute atomic E-state index is 12.2. The molecule has 3 fully saturated rings. The van der Waals surface area contributed by atoms with Gasteiger partial charge in [-0.2, -0.15) is 0 Å². The predicted molar refractivity (Wildman–Crippen MR) is 81.9 cm³/mol. The summed E-state index contributed by atoms with van der Waals surface area (Å²) in [6.07, 6.45) is 9.65. The minimum absolute atomic E-state index is 0.178. The zero-order chi connectivity index (χ0) is 14.7. The molecule has 0 aromatic heterocycles. The van der Waals surface area contributed by atoms with Crippen molar-refractivity contribution in [2.75, 3.05) is 32.9 Å². The van der Waals surface area contributed by atoms with Gasteiger partial charge >= 0.3 is 0 Å². The number of alkyl halides is 1. The minimum Gasteiger partial charge on any atom is -0.339 e. The molecule has 1 spiro atoms. The molecule has 0 radical (unpaired) electrons. The first kappa shape index (κ1) is 15.3. The summed E-state index contributed by atoms with van der Waals surface area (Å²) in [6, 6.07) is 0.564. The van der Waals surface area contributed by atoms with E-state index in [1.165, 1.54) is 32.2 Å². The van der Waals surface area contributed by atoms with Gasteiger partial charge in [0.25, 0.3) is 0 Å². The molecular formula is C17H29FN2O. The first-order chi connectivity index (χ1) is 10.2. The number of likely N-dealkylation sites (tertiary alicyclic amines) is 2. The van der Waals surface area contributed by atoms with Gasteiger partial charge in [0.05, 0.1) is 6.67 Å². The van der Waals surface area contributed by atoms with E-state index >= 15 is 0 Å². The molecule has 0 aromatic rings. The highest BCUT2D eigenvalue weighted by Gasteiger charge is 2.45. The van der Waals surface area contributed by atoms with Crippen molar-refractivity contribution in [2.24, 2.45) is 5.41 Å². The van der Waals surface area contributed by atoms with Crippen LogP contribution >= 0.6 is 0 Å². The summed E-state index contributed by atoms with van der Waals surface area (Å²) in [4.78, 5) is 16.9. The van der Waals surface area contributed by atoms with Crippen LogP contribution in [0.2, 0.25) is 0 Å². The Balaban J connectivity index is 1.53. The van der Waals surface area contributed by atoms with E-state index in [4.69, 9.17) is 0 Å². The third kappa shape index (κ3) is 3.77. The zero-order valence-electron chi connectivity index (χ0n) is 13.2. The van der Waals surface area contributed by atoms with Crippen LogP contribution in [0.4, 0.5) is 4.39 Å². The second kappa shape index (κ2) is 6.64. The Morgan fingerprint density at radius 3 is 2.76 bits per heavy atom. The van der Waals surface area contributed by atoms with Crippen LogP contribution in [0.5, 0.6) is 0 Å². The van der Waals surface area contributed by atoms with Gasteiger partial charge in [-0.1, -0.05) is 0 Å². The van der Waals surface area contributed by atoms with Gasteiger partial charge in [0, 0.05) is 31.0 Å². The van der Waals surface area contributed by atoms with Crippen molar-refractivity contribution in [1.29, 1.82) is 0 Å². The highest BCUT2D eigenvalue weighted by Crippen LogP contribution is 2.42. The average Bonchev–Trinajstić information content (AvgIpc) is 3.32. The molecule has 2 saturated heterocycles. The molecule has 4 heteroatoms. The van der Waals surface area contributed by atoms with Gasteiger partial charge in [-0.3, -0.25) is 9.18 Å². The summed E-state index contributed by atoms with van der Waals surface area (Å²) in [6.45, 7) is 4.27. The molecule has 21 heavy (non-hydrogen) atoms. The zero-order valence-corrected chi connectivity index (χ0v) is 13.2. The fraction of sp³-hybridized carbons (Fsp3) is 0.941. The first-order valence-corrected chi connectivity index (χ1v) is 8.80. The molecule has 0 aromatic carbocycles. The number of rotatable bonds is 6. The summed E-state index contributed by atoms with van der Waals surface area (Å²) in [5.41, 5.74) is 0.356. The molecule has 3 nitrogen and oxygen atoms in total. The lowest BCUT2D eigenvalue weighted by Crippen LogP contribution is -2.54. The molecule has 1 atom stereocenters. The fourth-order valence-electron chi connectivity index (χ4n) is 4.20. The Labute approximate surface area is 127 Å². The standard InChI is InChI=1S/C17H29FN2O/c18-10-2-1-3-11-19-12-4-8-17(13-19)9-7-16(21)20(14-17)15-5-6-15/h15H,1-14H2. The largest absolute Gasteiger partial charge is 0.339 e. The minimum atomic E-state index is -0.178. The van der Waals surface area contributed by atoms with Crippen molar-refractivity contribution >= 4 is 5.91 Å². The molecule has 3 rings (SSSR count). The molecule has 0 bridgehead atoms. The molecule has 1 saturated carbocycles. The summed E-state index contributed by atoms with van der Waals surface area (Å²) >= 11 is 0. The first-order valence-electron chi connectivity index (χ1n) is 8.80. The number of piperidine rings is 2. The van der Waals surface area contributed by atoms with Gasteiger partial charge in [0.2, 0.25) is 5.91 Å². The Hall–Kier alpha value is -0.640. The Bertz CT molecular complexity index is 372. The molecule has 1 aliphatic carbocycles. The second-order valence-electron chi connectivity index (χ2n) is 7.38. The van der Waals surface area contributed by atoms with Crippen molar-refractivity contribution in [3.05, 3.63) is 0 Å². The van der Waals surface area contributed by atoms with E-state index in [2.05, 4.69) is 9.80 Å². The topological polar surface area (TPSA) is 23.6 Å². The van der Waals surface area contributed by atoms with Crippen LogP contribution in [0.25, 0.3) is 0 Å². The van der Waals surface area contributed by atoms with E-state index in [0.717, 1.165) is 45.3 Å². The second-order valence-corrected chi connectivity index (χ2v) is 7.38. The van der Waals surface area contributed by atoms with Crippen molar-refractivity contribution < 1.29 is 9.18 Å². The van der Waals surface area contributed by atoms with E-state index < -0.39 is 0 Å². The number of unbranched alkanes of at least 4 members (excludes halogenated alkanes) is 2. The number of amides is 1. The maximum atomic E-state index is 12.2. The third-order valence-corrected chi connectivity index (χ3v) is 5.53. The van der Waals surface area contributed by atoms with Crippen molar-refractivity contribution in [3.8, 4) is 0 Å². The molecule has 120 valence electrons. The Morgan fingerprint density at radius 2 is 2.00 bits per heavy atom. The van der Waals surface area contributed by atoms with Crippen LogP contribution in [0.3, 0.4) is 0 Å². The molecule has 0 N–H and O–H groups in total. The van der Waals surface area contributed by atoms with E-state index in [-0.39, 0.29) is 6.67 Å². The Morgan fingerprint density at radius 1 is 1.14 bits per heavy atom. The summed E-state index contributed by atoms with van der Waals surface area (Å²) < 4.78 is 12.2. The molecular weight excluding hydrogens is 267 g/mol. The summed E-state index contributed by atoms with van der Waals surface area (Å²) in [7, 11) is 0. The summed E-state index contributed by atoms with van der Waals surface area (Å²) in [5.74, 6) is 0.392. The monoisotopic (exact) mass is 296 g/mol. The number of hydrogen-bond donors (Lipinski definition) is 0. The van der Waals surface area contributed by atoms with Gasteiger partial charge in [-0.05, 0) is 64.5 Å². The van der Waals surface area contributed by atoms with Crippen LogP contribution in [0.15, 0.2) is 0 Å². The van der Waals surface area contributed by atoms with E-state index in [1.54, 1.807) is 0 Å². The molecule has 1 amide bonds. The number of hydrogen-bond acceptors (Lipinski definition) is 2. The molecule has 3 aliphatic rings. The van der Waals surface area contributed by atoms with E-state index in [0.29, 0.717) is 23.8 Å². The highest BCUT2D eigenvalue weighted by molar-refractivity contribution is 5.77. The number of nitrogens with zero attached hydrogens (tertiary/aromatic N) is 2. The van der Waals surface area contributed by atoms with Crippen LogP contribution in [0, 0.1) is 5.41 Å². The normalized spacial score (nSPS) is 31.1. The van der Waals surface area contributed by atoms with Crippen LogP contribution < -0.4 is 0 Å². The van der Waals surface area contributed by atoms with Crippen LogP contribution in [0.1, 0.15) is 57.8 Å². The van der Waals surface area contributed by atoms with E-state index in [9.17, 15) is 9.18 Å². The smallest absolute Gasteiger partial charge is 0.222 e. The van der Waals surface area contributed by atoms with Gasteiger partial charge in [-0.25, -0.2) is 0 Å². The Kier molecular flexibility index (Phi) is 4.82. The van der Waals surface area contributed by atoms with Gasteiger partial charge in [0.15, 0.2) is 0 Å². The highest BCUT2D eigenvalue weighted by atomic mass is 19.1. The number of carbonyl (C=O) groups is 1. The predicted octanol–water partition coefficient (Wildman–Crippen LogP) is 2.99. The average molecular weight is 296 g/mol. The van der Waals surface area contributed by atoms with Gasteiger partial charge in [0.1, 0.15) is 0 Å². The lowest BCUT2D eigenvalue weighted by atomic mass is 9.73. The van der Waals surface area contributed by atoms with Gasteiger partial charge in [-0.15, -0.1) is 0 Å². The maximum Gasteiger partial charge on any atom is 0.222 e. The molecule has 2 aliphatic heterocycles. The van der Waals surface area contributed by atoms with Crippen molar-refractivity contribution in [3.63, 3.8) is 0 Å². The summed E-state index contributed by atoms with van der Waals surface area (Å²) in [5, 5.41) is 0. The van der Waals surface area contributed by atoms with Crippen molar-refractivity contribution in [1.82, 2.24) is 9.80 Å². The quantitative estimate of drug-likeness (QED) is 0.704. The molecule has 1 unspecified atom stereocenters. The van der Waals surface area contributed by atoms with Crippen LogP contribution in [-0.4, -0.2) is 54.6 Å². The number of halogens is 1. The van der Waals surface area contributed by atoms with Crippen LogP contribution in [-0.2, 0) is 4.79 Å². The van der Waals surface area contributed by atoms with E-state index in [1.807, 2.05) is 0 Å². The SMILES string of the molecule is O=C1CCC2(CCCN(CCCCCF)C2)CN1C1CC1. The fourth-order valence-corrected chi connectivity index (χ4v) is 4.20. The van der Waals surface area contributed by atoms with Gasteiger partial charge < -0.3 is 9.80 Å². The number of carbonyl (C=O) groups excluding carboxylic acids is 1. The third-order valence-electron chi connectivity index (χ3n) is 5.53. The lowest BCUT2D eigenvalue weighted by molar-refractivity contribution is -0.140. The molecule has 2 heterocycles.